The zero-order valence-electron chi connectivity index (χ0n) is 18.1. The van der Waals surface area contributed by atoms with Crippen LogP contribution in [0, 0.1) is 6.92 Å². The Bertz CT molecular complexity index is 1440. The SMILES string of the molecule is Cc1cnc2c(n1)c1c(n2-c2ccsc2-c2ccc3c(ccn3C)c2)CCN(C)CC1. The monoisotopic (exact) mass is 427 g/mol. The van der Waals surface area contributed by atoms with E-state index in [9.17, 15) is 0 Å². The summed E-state index contributed by atoms with van der Waals surface area (Å²) in [6.07, 6.45) is 6.04. The third-order valence-electron chi connectivity index (χ3n) is 6.50. The van der Waals surface area contributed by atoms with E-state index >= 15 is 0 Å². The molecule has 1 aliphatic rings. The van der Waals surface area contributed by atoms with E-state index in [1.54, 1.807) is 11.3 Å². The van der Waals surface area contributed by atoms with Gasteiger partial charge in [-0.1, -0.05) is 6.07 Å². The van der Waals surface area contributed by atoms with Crippen LogP contribution in [0.4, 0.5) is 0 Å². The number of aryl methyl sites for hydroxylation is 2. The van der Waals surface area contributed by atoms with Crippen molar-refractivity contribution in [3.8, 4) is 16.1 Å². The molecule has 31 heavy (non-hydrogen) atoms. The van der Waals surface area contributed by atoms with E-state index in [0.29, 0.717) is 0 Å². The maximum absolute atomic E-state index is 4.93. The summed E-state index contributed by atoms with van der Waals surface area (Å²) in [6, 6.07) is 11.2. The maximum Gasteiger partial charge on any atom is 0.163 e. The molecule has 0 saturated heterocycles. The topological polar surface area (TPSA) is 38.9 Å². The van der Waals surface area contributed by atoms with Gasteiger partial charge in [0.05, 0.1) is 22.5 Å². The lowest BCUT2D eigenvalue weighted by Crippen LogP contribution is -2.21. The molecule has 1 aromatic carbocycles. The average molecular weight is 428 g/mol. The van der Waals surface area contributed by atoms with Gasteiger partial charge in [0.15, 0.2) is 5.65 Å². The number of fused-ring (bicyclic) bond motifs is 4. The molecule has 6 heteroatoms. The van der Waals surface area contributed by atoms with Crippen molar-refractivity contribution in [3.05, 3.63) is 65.1 Å². The third kappa shape index (κ3) is 2.93. The normalized spacial score (nSPS) is 14.9. The van der Waals surface area contributed by atoms with Crippen LogP contribution in [-0.2, 0) is 19.9 Å². The van der Waals surface area contributed by atoms with Crippen molar-refractivity contribution in [2.75, 3.05) is 20.1 Å². The minimum atomic E-state index is 0.977. The molecule has 4 aromatic heterocycles. The lowest BCUT2D eigenvalue weighted by atomic mass is 10.1. The zero-order valence-corrected chi connectivity index (χ0v) is 18.9. The molecular formula is C25H25N5S. The molecule has 0 atom stereocenters. The highest BCUT2D eigenvalue weighted by molar-refractivity contribution is 7.14. The fourth-order valence-corrected chi connectivity index (χ4v) is 5.73. The summed E-state index contributed by atoms with van der Waals surface area (Å²) in [7, 11) is 4.30. The predicted octanol–water partition coefficient (Wildman–Crippen LogP) is 4.98. The van der Waals surface area contributed by atoms with Crippen LogP contribution in [-0.4, -0.2) is 44.1 Å². The Morgan fingerprint density at radius 3 is 2.81 bits per heavy atom. The molecule has 0 bridgehead atoms. The standard InChI is InChI=1S/C25H25N5S/c1-16-15-26-25-23(27-16)19-7-10-28(2)11-8-21(19)30(25)22-9-13-31-24(22)18-4-5-20-17(14-18)6-12-29(20)3/h4-6,9,12-15H,7-8,10-11H2,1-3H3. The molecule has 0 fully saturated rings. The fourth-order valence-electron chi connectivity index (χ4n) is 4.85. The molecule has 0 N–H and O–H groups in total. The lowest BCUT2D eigenvalue weighted by Gasteiger charge is -2.14. The van der Waals surface area contributed by atoms with Crippen LogP contribution < -0.4 is 0 Å². The van der Waals surface area contributed by atoms with Crippen LogP contribution in [0.2, 0.25) is 0 Å². The van der Waals surface area contributed by atoms with Crippen molar-refractivity contribution in [1.29, 1.82) is 0 Å². The highest BCUT2D eigenvalue weighted by Gasteiger charge is 2.25. The predicted molar refractivity (Wildman–Crippen MR) is 128 cm³/mol. The number of aromatic nitrogens is 4. The first-order valence-corrected chi connectivity index (χ1v) is 11.7. The van der Waals surface area contributed by atoms with Crippen LogP contribution in [0.3, 0.4) is 0 Å². The molecule has 0 amide bonds. The zero-order chi connectivity index (χ0) is 21.1. The Balaban J connectivity index is 1.59. The molecule has 5 aromatic rings. The molecule has 0 spiro atoms. The number of rotatable bonds is 2. The van der Waals surface area contributed by atoms with E-state index in [-0.39, 0.29) is 0 Å². The summed E-state index contributed by atoms with van der Waals surface area (Å²) in [5.41, 5.74) is 9.49. The van der Waals surface area contributed by atoms with Crippen molar-refractivity contribution in [3.63, 3.8) is 0 Å². The van der Waals surface area contributed by atoms with E-state index < -0.39 is 0 Å². The number of nitrogens with zero attached hydrogens (tertiary/aromatic N) is 5. The molecule has 0 radical (unpaired) electrons. The smallest absolute Gasteiger partial charge is 0.163 e. The molecule has 0 aliphatic carbocycles. The van der Waals surface area contributed by atoms with Gasteiger partial charge < -0.3 is 9.47 Å². The average Bonchev–Trinajstić information content (AvgIpc) is 3.42. The molecular weight excluding hydrogens is 402 g/mol. The first-order valence-electron chi connectivity index (χ1n) is 10.8. The number of hydrogen-bond donors (Lipinski definition) is 0. The summed E-state index contributed by atoms with van der Waals surface area (Å²) < 4.78 is 4.56. The molecule has 0 unspecified atom stereocenters. The minimum absolute atomic E-state index is 0.977. The maximum atomic E-state index is 4.93. The second kappa shape index (κ2) is 7.04. The first kappa shape index (κ1) is 18.8. The summed E-state index contributed by atoms with van der Waals surface area (Å²) in [5.74, 6) is 0. The Morgan fingerprint density at radius 2 is 1.90 bits per heavy atom. The summed E-state index contributed by atoms with van der Waals surface area (Å²) in [5, 5.41) is 3.47. The van der Waals surface area contributed by atoms with E-state index in [1.165, 1.54) is 38.3 Å². The van der Waals surface area contributed by atoms with Gasteiger partial charge in [-0.05, 0) is 55.6 Å². The minimum Gasteiger partial charge on any atom is -0.351 e. The fraction of sp³-hybridized carbons (Fsp3) is 0.280. The highest BCUT2D eigenvalue weighted by atomic mass is 32.1. The Kier molecular flexibility index (Phi) is 4.26. The van der Waals surface area contributed by atoms with Crippen LogP contribution >= 0.6 is 11.3 Å². The second-order valence-electron chi connectivity index (χ2n) is 8.58. The van der Waals surface area contributed by atoms with Gasteiger partial charge >= 0.3 is 0 Å². The third-order valence-corrected chi connectivity index (χ3v) is 7.45. The number of likely N-dealkylation sites (N-methyl/N-ethyl adjacent to an activating group) is 1. The Morgan fingerprint density at radius 1 is 1.03 bits per heavy atom. The van der Waals surface area contributed by atoms with E-state index in [2.05, 4.69) is 70.0 Å². The van der Waals surface area contributed by atoms with Gasteiger partial charge in [0, 0.05) is 54.9 Å². The highest BCUT2D eigenvalue weighted by Crippen LogP contribution is 2.38. The summed E-state index contributed by atoms with van der Waals surface area (Å²) >= 11 is 1.80. The molecule has 1 aliphatic heterocycles. The van der Waals surface area contributed by atoms with Crippen molar-refractivity contribution in [1.82, 2.24) is 24.0 Å². The Labute approximate surface area is 185 Å². The van der Waals surface area contributed by atoms with Crippen LogP contribution in [0.15, 0.2) is 48.1 Å². The van der Waals surface area contributed by atoms with E-state index in [0.717, 1.165) is 42.8 Å². The lowest BCUT2D eigenvalue weighted by molar-refractivity contribution is 0.351. The van der Waals surface area contributed by atoms with E-state index in [4.69, 9.17) is 9.97 Å². The number of benzene rings is 1. The summed E-state index contributed by atoms with van der Waals surface area (Å²) in [6.45, 7) is 4.14. The van der Waals surface area contributed by atoms with Gasteiger partial charge in [-0.3, -0.25) is 4.57 Å². The van der Waals surface area contributed by atoms with Crippen LogP contribution in [0.25, 0.3) is 38.2 Å². The van der Waals surface area contributed by atoms with Gasteiger partial charge in [0.1, 0.15) is 5.52 Å². The molecule has 156 valence electrons. The van der Waals surface area contributed by atoms with Gasteiger partial charge in [0.25, 0.3) is 0 Å². The molecule has 0 saturated carbocycles. The number of thiophene rings is 1. The van der Waals surface area contributed by atoms with Crippen LogP contribution in [0.1, 0.15) is 17.0 Å². The van der Waals surface area contributed by atoms with Crippen molar-refractivity contribution < 1.29 is 0 Å². The molecule has 5 heterocycles. The largest absolute Gasteiger partial charge is 0.351 e. The molecule has 5 nitrogen and oxygen atoms in total. The van der Waals surface area contributed by atoms with Crippen molar-refractivity contribution >= 4 is 33.4 Å². The quantitative estimate of drug-likeness (QED) is 0.399. The van der Waals surface area contributed by atoms with Gasteiger partial charge in [-0.2, -0.15) is 0 Å². The van der Waals surface area contributed by atoms with Gasteiger partial charge in [0.2, 0.25) is 0 Å². The second-order valence-corrected chi connectivity index (χ2v) is 9.50. The summed E-state index contributed by atoms with van der Waals surface area (Å²) in [4.78, 5) is 13.5. The number of hydrogen-bond acceptors (Lipinski definition) is 4. The first-order chi connectivity index (χ1) is 15.1. The van der Waals surface area contributed by atoms with Crippen molar-refractivity contribution in [2.24, 2.45) is 7.05 Å². The van der Waals surface area contributed by atoms with Crippen LogP contribution in [0.5, 0.6) is 0 Å². The molecule has 6 rings (SSSR count). The van der Waals surface area contributed by atoms with Crippen molar-refractivity contribution in [2.45, 2.75) is 19.8 Å². The Hall–Kier alpha value is -2.96. The van der Waals surface area contributed by atoms with Gasteiger partial charge in [-0.15, -0.1) is 11.3 Å². The van der Waals surface area contributed by atoms with Gasteiger partial charge in [-0.25, -0.2) is 9.97 Å². The van der Waals surface area contributed by atoms with E-state index in [1.807, 2.05) is 13.1 Å².